The van der Waals surface area contributed by atoms with E-state index in [1.807, 2.05) is 0 Å². The van der Waals surface area contributed by atoms with Gasteiger partial charge in [0.05, 0.1) is 0 Å². The summed E-state index contributed by atoms with van der Waals surface area (Å²) in [6, 6.07) is 0. The molecule has 20 heavy (non-hydrogen) atoms. The zero-order chi connectivity index (χ0) is 14.6. The van der Waals surface area contributed by atoms with Gasteiger partial charge in [-0.1, -0.05) is 33.6 Å². The normalized spacial score (nSPS) is 37.0. The largest absolute Gasteiger partial charge is 0.330 e. The first-order valence-electron chi connectivity index (χ1n) is 8.97. The van der Waals surface area contributed by atoms with Crippen molar-refractivity contribution >= 4 is 0 Å². The van der Waals surface area contributed by atoms with Gasteiger partial charge >= 0.3 is 0 Å². The second-order valence-electron chi connectivity index (χ2n) is 8.12. The third-order valence-electron chi connectivity index (χ3n) is 5.99. The van der Waals surface area contributed by atoms with Gasteiger partial charge in [-0.3, -0.25) is 0 Å². The summed E-state index contributed by atoms with van der Waals surface area (Å²) in [6.07, 6.45) is 9.73. The maximum absolute atomic E-state index is 6.21. The van der Waals surface area contributed by atoms with Gasteiger partial charge in [0.25, 0.3) is 0 Å². The molecule has 0 radical (unpaired) electrons. The maximum atomic E-state index is 6.21. The molecule has 1 heterocycles. The van der Waals surface area contributed by atoms with Gasteiger partial charge in [0.1, 0.15) is 0 Å². The van der Waals surface area contributed by atoms with Crippen LogP contribution in [0.1, 0.15) is 65.7 Å². The SMILES string of the molecule is CC1CCCC(CN)(CN2CCCC(C(C)C)CC2)C1. The maximum Gasteiger partial charge on any atom is 0.00502 e. The summed E-state index contributed by atoms with van der Waals surface area (Å²) in [6.45, 7) is 12.0. The first kappa shape index (κ1) is 16.3. The molecule has 0 amide bonds. The van der Waals surface area contributed by atoms with Crippen molar-refractivity contribution in [2.24, 2.45) is 28.9 Å². The Morgan fingerprint density at radius 2 is 1.95 bits per heavy atom. The van der Waals surface area contributed by atoms with Gasteiger partial charge in [-0.15, -0.1) is 0 Å². The van der Waals surface area contributed by atoms with Gasteiger partial charge < -0.3 is 10.6 Å². The molecule has 2 nitrogen and oxygen atoms in total. The van der Waals surface area contributed by atoms with Crippen LogP contribution in [0.15, 0.2) is 0 Å². The highest BCUT2D eigenvalue weighted by Gasteiger charge is 2.35. The predicted molar refractivity (Wildman–Crippen MR) is 87.7 cm³/mol. The van der Waals surface area contributed by atoms with E-state index in [0.717, 1.165) is 24.3 Å². The molecule has 0 aromatic rings. The van der Waals surface area contributed by atoms with Crippen LogP contribution >= 0.6 is 0 Å². The van der Waals surface area contributed by atoms with Crippen LogP contribution < -0.4 is 5.73 Å². The number of hydrogen-bond donors (Lipinski definition) is 1. The van der Waals surface area contributed by atoms with Crippen molar-refractivity contribution in [1.29, 1.82) is 0 Å². The fourth-order valence-corrected chi connectivity index (χ4v) is 4.64. The average molecular weight is 281 g/mol. The number of likely N-dealkylation sites (tertiary alicyclic amines) is 1. The lowest BCUT2D eigenvalue weighted by Crippen LogP contribution is -2.45. The molecular formula is C18H36N2. The van der Waals surface area contributed by atoms with Crippen LogP contribution in [0.2, 0.25) is 0 Å². The van der Waals surface area contributed by atoms with E-state index >= 15 is 0 Å². The van der Waals surface area contributed by atoms with Crippen LogP contribution in [0.25, 0.3) is 0 Å². The zero-order valence-electron chi connectivity index (χ0n) is 14.0. The van der Waals surface area contributed by atoms with Crippen molar-refractivity contribution in [3.8, 4) is 0 Å². The summed E-state index contributed by atoms with van der Waals surface area (Å²) >= 11 is 0. The number of hydrogen-bond acceptors (Lipinski definition) is 2. The average Bonchev–Trinajstić information content (AvgIpc) is 2.64. The van der Waals surface area contributed by atoms with Crippen LogP contribution in [0.5, 0.6) is 0 Å². The van der Waals surface area contributed by atoms with E-state index in [0.29, 0.717) is 5.41 Å². The second kappa shape index (κ2) is 7.26. The molecule has 2 rings (SSSR count). The minimum atomic E-state index is 0.426. The number of rotatable bonds is 4. The molecule has 1 aliphatic carbocycles. The molecule has 3 unspecified atom stereocenters. The van der Waals surface area contributed by atoms with E-state index < -0.39 is 0 Å². The summed E-state index contributed by atoms with van der Waals surface area (Å²) in [5.74, 6) is 2.68. The summed E-state index contributed by atoms with van der Waals surface area (Å²) in [7, 11) is 0. The van der Waals surface area contributed by atoms with Crippen molar-refractivity contribution in [3.05, 3.63) is 0 Å². The van der Waals surface area contributed by atoms with Crippen LogP contribution in [0.4, 0.5) is 0 Å². The predicted octanol–water partition coefficient (Wildman–Crippen LogP) is 3.90. The number of nitrogens with zero attached hydrogens (tertiary/aromatic N) is 1. The van der Waals surface area contributed by atoms with Crippen molar-refractivity contribution in [3.63, 3.8) is 0 Å². The molecule has 2 aliphatic rings. The molecule has 3 atom stereocenters. The highest BCUT2D eigenvalue weighted by atomic mass is 15.1. The molecule has 2 heteroatoms. The molecule has 0 aromatic carbocycles. The molecule has 1 saturated carbocycles. The van der Waals surface area contributed by atoms with Gasteiger partial charge in [0, 0.05) is 6.54 Å². The van der Waals surface area contributed by atoms with Crippen molar-refractivity contribution in [2.75, 3.05) is 26.2 Å². The monoisotopic (exact) mass is 280 g/mol. The fraction of sp³-hybridized carbons (Fsp3) is 1.00. The Labute approximate surface area is 126 Å². The molecule has 1 aliphatic heterocycles. The molecule has 1 saturated heterocycles. The summed E-state index contributed by atoms with van der Waals surface area (Å²) < 4.78 is 0. The van der Waals surface area contributed by atoms with Gasteiger partial charge in [-0.2, -0.15) is 0 Å². The zero-order valence-corrected chi connectivity index (χ0v) is 14.0. The smallest absolute Gasteiger partial charge is 0.00502 e. The lowest BCUT2D eigenvalue weighted by molar-refractivity contribution is 0.0891. The van der Waals surface area contributed by atoms with E-state index in [2.05, 4.69) is 25.7 Å². The Morgan fingerprint density at radius 1 is 1.15 bits per heavy atom. The first-order valence-corrected chi connectivity index (χ1v) is 8.97. The van der Waals surface area contributed by atoms with E-state index in [4.69, 9.17) is 5.73 Å². The molecule has 0 spiro atoms. The molecule has 2 N–H and O–H groups in total. The van der Waals surface area contributed by atoms with Crippen LogP contribution in [-0.4, -0.2) is 31.1 Å². The Balaban J connectivity index is 1.91. The van der Waals surface area contributed by atoms with E-state index in [-0.39, 0.29) is 0 Å². The lowest BCUT2D eigenvalue weighted by atomic mass is 9.69. The van der Waals surface area contributed by atoms with Gasteiger partial charge in [0.15, 0.2) is 0 Å². The Bertz CT molecular complexity index is 289. The summed E-state index contributed by atoms with van der Waals surface area (Å²) in [4.78, 5) is 2.74. The van der Waals surface area contributed by atoms with Gasteiger partial charge in [0.2, 0.25) is 0 Å². The summed E-state index contributed by atoms with van der Waals surface area (Å²) in [5.41, 5.74) is 6.63. The Hall–Kier alpha value is -0.0800. The molecule has 2 fully saturated rings. The standard InChI is InChI=1S/C18H36N2/c1-15(2)17-7-5-10-20(11-8-17)14-18(13-19)9-4-6-16(3)12-18/h15-17H,4-14,19H2,1-3H3. The Kier molecular flexibility index (Phi) is 5.92. The van der Waals surface area contributed by atoms with E-state index in [9.17, 15) is 0 Å². The molecule has 0 bridgehead atoms. The van der Waals surface area contributed by atoms with E-state index in [1.165, 1.54) is 64.6 Å². The minimum absolute atomic E-state index is 0.426. The van der Waals surface area contributed by atoms with Crippen molar-refractivity contribution in [2.45, 2.75) is 65.7 Å². The van der Waals surface area contributed by atoms with Crippen LogP contribution in [0, 0.1) is 23.2 Å². The molecular weight excluding hydrogens is 244 g/mol. The highest BCUT2D eigenvalue weighted by molar-refractivity contribution is 4.89. The van der Waals surface area contributed by atoms with Crippen molar-refractivity contribution < 1.29 is 0 Å². The van der Waals surface area contributed by atoms with Gasteiger partial charge in [-0.05, 0) is 74.9 Å². The quantitative estimate of drug-likeness (QED) is 0.846. The highest BCUT2D eigenvalue weighted by Crippen LogP contribution is 2.39. The molecule has 0 aromatic heterocycles. The lowest BCUT2D eigenvalue weighted by Gasteiger charge is -2.42. The number of nitrogens with two attached hydrogens (primary N) is 1. The van der Waals surface area contributed by atoms with E-state index in [1.54, 1.807) is 0 Å². The molecule has 118 valence electrons. The fourth-order valence-electron chi connectivity index (χ4n) is 4.64. The van der Waals surface area contributed by atoms with Crippen LogP contribution in [0.3, 0.4) is 0 Å². The van der Waals surface area contributed by atoms with Crippen molar-refractivity contribution in [1.82, 2.24) is 4.90 Å². The van der Waals surface area contributed by atoms with Gasteiger partial charge in [-0.25, -0.2) is 0 Å². The third-order valence-corrected chi connectivity index (χ3v) is 5.99. The first-order chi connectivity index (χ1) is 9.54. The van der Waals surface area contributed by atoms with Crippen LogP contribution in [-0.2, 0) is 0 Å². The second-order valence-corrected chi connectivity index (χ2v) is 8.12. The summed E-state index contributed by atoms with van der Waals surface area (Å²) in [5, 5.41) is 0. The third kappa shape index (κ3) is 4.21. The minimum Gasteiger partial charge on any atom is -0.330 e. The topological polar surface area (TPSA) is 29.3 Å². The Morgan fingerprint density at radius 3 is 2.60 bits per heavy atom.